The van der Waals surface area contributed by atoms with Gasteiger partial charge in [0.2, 0.25) is 0 Å². The van der Waals surface area contributed by atoms with Gasteiger partial charge in [-0.25, -0.2) is 4.79 Å². The molecule has 1 aliphatic carbocycles. The molecule has 4 heteroatoms. The van der Waals surface area contributed by atoms with E-state index in [1.807, 2.05) is 20.8 Å². The standard InChI is InChI=1S/C10H19NO3/c1-10(2,3)8(11-9(13)14)6-4-7(12)5-6/h6-8,11-12H,4-5H2,1-3H3,(H,13,14)/t6-,7-,8?. The SMILES string of the molecule is CC(C)(C)C(NC(=O)O)[C@H]1C[C@H](O)C1. The van der Waals surface area contributed by atoms with Crippen LogP contribution in [-0.2, 0) is 0 Å². The molecule has 1 fully saturated rings. The van der Waals surface area contributed by atoms with Crippen molar-refractivity contribution < 1.29 is 15.0 Å². The molecule has 1 unspecified atom stereocenters. The summed E-state index contributed by atoms with van der Waals surface area (Å²) in [6, 6.07) is -0.0663. The van der Waals surface area contributed by atoms with Crippen LogP contribution in [0.1, 0.15) is 33.6 Å². The van der Waals surface area contributed by atoms with Gasteiger partial charge in [0, 0.05) is 6.04 Å². The first-order valence-electron chi connectivity index (χ1n) is 4.98. The van der Waals surface area contributed by atoms with Crippen LogP contribution in [0, 0.1) is 11.3 Å². The summed E-state index contributed by atoms with van der Waals surface area (Å²) >= 11 is 0. The molecule has 1 aliphatic rings. The Labute approximate surface area is 84.3 Å². The van der Waals surface area contributed by atoms with E-state index in [0.717, 1.165) is 0 Å². The molecule has 0 aromatic rings. The van der Waals surface area contributed by atoms with Gasteiger partial charge in [-0.2, -0.15) is 0 Å². The van der Waals surface area contributed by atoms with Gasteiger partial charge < -0.3 is 15.5 Å². The largest absolute Gasteiger partial charge is 0.465 e. The lowest BCUT2D eigenvalue weighted by atomic mass is 9.68. The number of rotatable bonds is 2. The zero-order chi connectivity index (χ0) is 10.9. The van der Waals surface area contributed by atoms with Gasteiger partial charge in [-0.1, -0.05) is 20.8 Å². The number of carbonyl (C=O) groups is 1. The maximum Gasteiger partial charge on any atom is 0.404 e. The van der Waals surface area contributed by atoms with Crippen LogP contribution in [0.5, 0.6) is 0 Å². The highest BCUT2D eigenvalue weighted by atomic mass is 16.4. The third-order valence-electron chi connectivity index (χ3n) is 2.83. The predicted octanol–water partition coefficient (Wildman–Crippen LogP) is 1.44. The third-order valence-corrected chi connectivity index (χ3v) is 2.83. The zero-order valence-corrected chi connectivity index (χ0v) is 8.95. The van der Waals surface area contributed by atoms with E-state index in [1.54, 1.807) is 0 Å². The Kier molecular flexibility index (Phi) is 3.04. The molecule has 3 N–H and O–H groups in total. The first kappa shape index (κ1) is 11.3. The van der Waals surface area contributed by atoms with Crippen molar-refractivity contribution in [2.24, 2.45) is 11.3 Å². The van der Waals surface area contributed by atoms with Gasteiger partial charge in [0.15, 0.2) is 0 Å². The highest BCUT2D eigenvalue weighted by Crippen LogP contribution is 2.37. The lowest BCUT2D eigenvalue weighted by Gasteiger charge is -2.43. The van der Waals surface area contributed by atoms with E-state index in [1.165, 1.54) is 0 Å². The van der Waals surface area contributed by atoms with Gasteiger partial charge in [-0.15, -0.1) is 0 Å². The monoisotopic (exact) mass is 201 g/mol. The third kappa shape index (κ3) is 2.61. The lowest BCUT2D eigenvalue weighted by molar-refractivity contribution is 0.00239. The fourth-order valence-corrected chi connectivity index (χ4v) is 2.08. The van der Waals surface area contributed by atoms with Crippen molar-refractivity contribution in [2.75, 3.05) is 0 Å². The fraction of sp³-hybridized carbons (Fsp3) is 0.900. The molecule has 0 radical (unpaired) electrons. The van der Waals surface area contributed by atoms with Gasteiger partial charge in [-0.3, -0.25) is 0 Å². The molecule has 0 bridgehead atoms. The van der Waals surface area contributed by atoms with Gasteiger partial charge in [0.1, 0.15) is 0 Å². The summed E-state index contributed by atoms with van der Waals surface area (Å²) in [4.78, 5) is 10.6. The Morgan fingerprint density at radius 1 is 1.43 bits per heavy atom. The molecule has 0 spiro atoms. The lowest BCUT2D eigenvalue weighted by Crippen LogP contribution is -2.53. The molecule has 0 aromatic heterocycles. The van der Waals surface area contributed by atoms with Gasteiger partial charge >= 0.3 is 6.09 Å². The molecule has 14 heavy (non-hydrogen) atoms. The number of aliphatic hydroxyl groups excluding tert-OH is 1. The molecule has 0 heterocycles. The van der Waals surface area contributed by atoms with Crippen molar-refractivity contribution in [3.05, 3.63) is 0 Å². The van der Waals surface area contributed by atoms with E-state index in [2.05, 4.69) is 5.32 Å². The maximum absolute atomic E-state index is 10.6. The summed E-state index contributed by atoms with van der Waals surface area (Å²) < 4.78 is 0. The van der Waals surface area contributed by atoms with Gasteiger partial charge in [-0.05, 0) is 24.2 Å². The van der Waals surface area contributed by atoms with Gasteiger partial charge in [0.05, 0.1) is 6.10 Å². The molecule has 82 valence electrons. The summed E-state index contributed by atoms with van der Waals surface area (Å²) in [6.07, 6.45) is 0.205. The van der Waals surface area contributed by atoms with Crippen molar-refractivity contribution in [2.45, 2.75) is 45.8 Å². The van der Waals surface area contributed by atoms with E-state index in [4.69, 9.17) is 5.11 Å². The van der Waals surface area contributed by atoms with E-state index in [9.17, 15) is 9.90 Å². The second-order valence-electron chi connectivity index (χ2n) is 5.18. The van der Waals surface area contributed by atoms with Crippen LogP contribution in [-0.4, -0.2) is 28.5 Å². The van der Waals surface area contributed by atoms with Crippen LogP contribution < -0.4 is 5.32 Å². The topological polar surface area (TPSA) is 69.6 Å². The van der Waals surface area contributed by atoms with Crippen LogP contribution in [0.15, 0.2) is 0 Å². The van der Waals surface area contributed by atoms with Crippen molar-refractivity contribution >= 4 is 6.09 Å². The minimum absolute atomic E-state index is 0.0663. The van der Waals surface area contributed by atoms with Crippen molar-refractivity contribution in [1.82, 2.24) is 5.32 Å². The second kappa shape index (κ2) is 3.77. The first-order chi connectivity index (χ1) is 6.30. The number of hydrogen-bond acceptors (Lipinski definition) is 2. The maximum atomic E-state index is 10.6. The molecule has 1 atom stereocenters. The summed E-state index contributed by atoms with van der Waals surface area (Å²) in [5.41, 5.74) is -0.0941. The average molecular weight is 201 g/mol. The number of carboxylic acid groups (broad SMARTS) is 1. The number of amides is 1. The van der Waals surface area contributed by atoms with E-state index < -0.39 is 6.09 Å². The number of hydrogen-bond donors (Lipinski definition) is 3. The quantitative estimate of drug-likeness (QED) is 0.633. The highest BCUT2D eigenvalue weighted by molar-refractivity contribution is 5.65. The first-order valence-corrected chi connectivity index (χ1v) is 4.98. The Morgan fingerprint density at radius 2 is 1.93 bits per heavy atom. The van der Waals surface area contributed by atoms with E-state index in [0.29, 0.717) is 12.8 Å². The molecule has 1 amide bonds. The smallest absolute Gasteiger partial charge is 0.404 e. The summed E-state index contributed by atoms with van der Waals surface area (Å²) in [5.74, 6) is 0.279. The fourth-order valence-electron chi connectivity index (χ4n) is 2.08. The molecule has 0 aromatic carbocycles. The van der Waals surface area contributed by atoms with E-state index >= 15 is 0 Å². The van der Waals surface area contributed by atoms with Crippen molar-refractivity contribution in [1.29, 1.82) is 0 Å². The Hall–Kier alpha value is -0.770. The van der Waals surface area contributed by atoms with Crippen LogP contribution in [0.2, 0.25) is 0 Å². The van der Waals surface area contributed by atoms with Gasteiger partial charge in [0.25, 0.3) is 0 Å². The van der Waals surface area contributed by atoms with E-state index in [-0.39, 0.29) is 23.5 Å². The van der Waals surface area contributed by atoms with Crippen LogP contribution >= 0.6 is 0 Å². The second-order valence-corrected chi connectivity index (χ2v) is 5.18. The summed E-state index contributed by atoms with van der Waals surface area (Å²) in [7, 11) is 0. The molecular formula is C10H19NO3. The highest BCUT2D eigenvalue weighted by Gasteiger charge is 2.40. The van der Waals surface area contributed by atoms with Crippen LogP contribution in [0.3, 0.4) is 0 Å². The van der Waals surface area contributed by atoms with Crippen molar-refractivity contribution in [3.8, 4) is 0 Å². The molecule has 1 saturated carbocycles. The summed E-state index contributed by atoms with van der Waals surface area (Å²) in [5, 5.41) is 20.4. The van der Waals surface area contributed by atoms with Crippen molar-refractivity contribution in [3.63, 3.8) is 0 Å². The predicted molar refractivity (Wildman–Crippen MR) is 53.1 cm³/mol. The number of nitrogens with one attached hydrogen (secondary N) is 1. The molecule has 4 nitrogen and oxygen atoms in total. The molecule has 0 aliphatic heterocycles. The zero-order valence-electron chi connectivity index (χ0n) is 8.95. The summed E-state index contributed by atoms with van der Waals surface area (Å²) in [6.45, 7) is 6.04. The Bertz CT molecular complexity index is 216. The Balaban J connectivity index is 2.58. The van der Waals surface area contributed by atoms with Crippen LogP contribution in [0.25, 0.3) is 0 Å². The minimum Gasteiger partial charge on any atom is -0.465 e. The minimum atomic E-state index is -0.980. The Morgan fingerprint density at radius 3 is 2.21 bits per heavy atom. The number of aliphatic hydroxyl groups is 1. The molecular weight excluding hydrogens is 182 g/mol. The normalized spacial score (nSPS) is 29.1. The average Bonchev–Trinajstić information content (AvgIpc) is 1.92. The van der Waals surface area contributed by atoms with Crippen LogP contribution in [0.4, 0.5) is 4.79 Å². The molecule has 0 saturated heterocycles. The molecule has 1 rings (SSSR count).